The number of imidazole rings is 2. The quantitative estimate of drug-likeness (QED) is 0.718. The molecule has 3 N–H and O–H groups in total. The lowest BCUT2D eigenvalue weighted by atomic mass is 10.2. The highest BCUT2D eigenvalue weighted by Crippen LogP contribution is 2.25. The topological polar surface area (TPSA) is 82.9 Å². The molecule has 0 aliphatic carbocycles. The summed E-state index contributed by atoms with van der Waals surface area (Å²) in [5.74, 6) is 0.724. The van der Waals surface area contributed by atoms with Gasteiger partial charge in [-0.05, 0) is 34.1 Å². The third-order valence-electron chi connectivity index (χ3n) is 2.70. The van der Waals surface area contributed by atoms with E-state index in [1.165, 1.54) is 0 Å². The van der Waals surface area contributed by atoms with Crippen LogP contribution >= 0.6 is 15.9 Å². The number of nitriles is 1. The van der Waals surface area contributed by atoms with Crippen LogP contribution in [-0.4, -0.2) is 14.4 Å². The van der Waals surface area contributed by atoms with Gasteiger partial charge in [0.25, 0.3) is 0 Å². The van der Waals surface area contributed by atoms with Gasteiger partial charge in [0, 0.05) is 6.54 Å². The van der Waals surface area contributed by atoms with E-state index in [1.54, 1.807) is 12.1 Å². The van der Waals surface area contributed by atoms with Gasteiger partial charge < -0.3 is 10.7 Å². The second-order valence-corrected chi connectivity index (χ2v) is 4.44. The Bertz CT molecular complexity index is 761. The van der Waals surface area contributed by atoms with Gasteiger partial charge in [0.05, 0.1) is 28.4 Å². The average Bonchev–Trinajstić information content (AvgIpc) is 2.85. The molecule has 0 atom stereocenters. The Kier molecular flexibility index (Phi) is 2.18. The monoisotopic (exact) mass is 289 g/mol. The Morgan fingerprint density at radius 1 is 1.53 bits per heavy atom. The highest BCUT2D eigenvalue weighted by molar-refractivity contribution is 9.10. The molecule has 5 nitrogen and oxygen atoms in total. The maximum absolute atomic E-state index is 8.84. The van der Waals surface area contributed by atoms with Crippen molar-refractivity contribution in [2.24, 2.45) is 5.73 Å². The van der Waals surface area contributed by atoms with Crippen LogP contribution in [0.2, 0.25) is 0 Å². The number of hydrogen-bond donors (Lipinski definition) is 2. The van der Waals surface area contributed by atoms with Crippen molar-refractivity contribution in [3.05, 3.63) is 34.1 Å². The minimum absolute atomic E-state index is 0.418. The number of nitrogens with two attached hydrogens (primary N) is 1. The summed E-state index contributed by atoms with van der Waals surface area (Å²) in [5.41, 5.74) is 8.86. The zero-order valence-electron chi connectivity index (χ0n) is 8.74. The summed E-state index contributed by atoms with van der Waals surface area (Å²) in [6, 6.07) is 7.53. The van der Waals surface area contributed by atoms with E-state index in [1.807, 2.05) is 10.5 Å². The maximum Gasteiger partial charge on any atom is 0.213 e. The van der Waals surface area contributed by atoms with Crippen molar-refractivity contribution < 1.29 is 0 Å². The van der Waals surface area contributed by atoms with Crippen molar-refractivity contribution in [2.75, 3.05) is 0 Å². The van der Waals surface area contributed by atoms with Gasteiger partial charge >= 0.3 is 0 Å². The number of hydrogen-bond acceptors (Lipinski definition) is 3. The summed E-state index contributed by atoms with van der Waals surface area (Å²) >= 11 is 3.49. The Morgan fingerprint density at radius 2 is 2.35 bits per heavy atom. The first-order valence-corrected chi connectivity index (χ1v) is 5.82. The number of fused-ring (bicyclic) bond motifs is 3. The zero-order chi connectivity index (χ0) is 12.0. The summed E-state index contributed by atoms with van der Waals surface area (Å²) < 4.78 is 2.82. The molecule has 2 aromatic heterocycles. The molecule has 0 fully saturated rings. The molecule has 6 heteroatoms. The van der Waals surface area contributed by atoms with Crippen LogP contribution in [0.25, 0.3) is 16.8 Å². The summed E-state index contributed by atoms with van der Waals surface area (Å²) in [6.07, 6.45) is 0. The summed E-state index contributed by atoms with van der Waals surface area (Å²) in [7, 11) is 0. The molecule has 0 amide bonds. The molecular weight excluding hydrogens is 282 g/mol. The molecule has 0 spiro atoms. The molecule has 84 valence electrons. The zero-order valence-corrected chi connectivity index (χ0v) is 10.3. The van der Waals surface area contributed by atoms with Gasteiger partial charge in [-0.25, -0.2) is 4.98 Å². The van der Waals surface area contributed by atoms with Crippen LogP contribution in [0.3, 0.4) is 0 Å². The molecule has 0 radical (unpaired) electrons. The Hall–Kier alpha value is -1.84. The molecule has 3 rings (SSSR count). The van der Waals surface area contributed by atoms with E-state index < -0.39 is 0 Å². The first-order chi connectivity index (χ1) is 8.24. The van der Waals surface area contributed by atoms with Crippen LogP contribution in [0.15, 0.2) is 22.8 Å². The van der Waals surface area contributed by atoms with Gasteiger partial charge in [-0.2, -0.15) is 5.26 Å². The van der Waals surface area contributed by atoms with Crippen LogP contribution in [0.5, 0.6) is 0 Å². The number of H-pyrrole nitrogens is 1. The van der Waals surface area contributed by atoms with E-state index in [2.05, 4.69) is 32.0 Å². The van der Waals surface area contributed by atoms with E-state index in [4.69, 9.17) is 11.0 Å². The minimum Gasteiger partial charge on any atom is -0.325 e. The van der Waals surface area contributed by atoms with E-state index in [0.29, 0.717) is 12.1 Å². The first-order valence-electron chi connectivity index (χ1n) is 5.03. The maximum atomic E-state index is 8.84. The number of aromatic nitrogens is 3. The lowest BCUT2D eigenvalue weighted by Crippen LogP contribution is -1.97. The lowest BCUT2D eigenvalue weighted by molar-refractivity contribution is 1.00. The number of rotatable bonds is 1. The number of halogens is 1. The SMILES string of the molecule is N#Cc1ccc2c(c1)nc1[nH]c(CN)c(Br)n12. The van der Waals surface area contributed by atoms with Crippen molar-refractivity contribution in [2.45, 2.75) is 6.54 Å². The lowest BCUT2D eigenvalue weighted by Gasteiger charge is -1.95. The standard InChI is InChI=1S/C11H8BrN5/c12-10-8(5-14)16-11-15-7-3-6(4-13)1-2-9(7)17(10)11/h1-3H,5,14H2,(H,15,16). The van der Waals surface area contributed by atoms with Crippen LogP contribution < -0.4 is 5.73 Å². The molecule has 3 aromatic rings. The van der Waals surface area contributed by atoms with E-state index in [9.17, 15) is 0 Å². The first kappa shape index (κ1) is 10.3. The second-order valence-electron chi connectivity index (χ2n) is 3.68. The minimum atomic E-state index is 0.418. The molecular formula is C11H8BrN5. The predicted octanol–water partition coefficient (Wildman–Crippen LogP) is 1.91. The number of aromatic amines is 1. The fraction of sp³-hybridized carbons (Fsp3) is 0.0909. The molecule has 0 bridgehead atoms. The van der Waals surface area contributed by atoms with Gasteiger partial charge in [-0.15, -0.1) is 0 Å². The molecule has 0 saturated carbocycles. The van der Waals surface area contributed by atoms with Crippen molar-refractivity contribution in [3.8, 4) is 6.07 Å². The Morgan fingerprint density at radius 3 is 3.06 bits per heavy atom. The van der Waals surface area contributed by atoms with Crippen molar-refractivity contribution in [3.63, 3.8) is 0 Å². The van der Waals surface area contributed by atoms with E-state index in [-0.39, 0.29) is 0 Å². The molecule has 2 heterocycles. The van der Waals surface area contributed by atoms with Crippen molar-refractivity contribution >= 4 is 32.7 Å². The smallest absolute Gasteiger partial charge is 0.213 e. The highest BCUT2D eigenvalue weighted by atomic mass is 79.9. The summed E-state index contributed by atoms with van der Waals surface area (Å²) in [5, 5.41) is 8.84. The highest BCUT2D eigenvalue weighted by Gasteiger charge is 2.13. The van der Waals surface area contributed by atoms with Crippen molar-refractivity contribution in [1.29, 1.82) is 5.26 Å². The van der Waals surface area contributed by atoms with E-state index in [0.717, 1.165) is 27.1 Å². The Labute approximate surface area is 105 Å². The molecule has 0 aliphatic heterocycles. The van der Waals surface area contributed by atoms with Gasteiger partial charge in [0.1, 0.15) is 4.60 Å². The molecule has 1 aromatic carbocycles. The van der Waals surface area contributed by atoms with E-state index >= 15 is 0 Å². The molecule has 0 aliphatic rings. The largest absolute Gasteiger partial charge is 0.325 e. The predicted molar refractivity (Wildman–Crippen MR) is 67.4 cm³/mol. The molecule has 17 heavy (non-hydrogen) atoms. The summed E-state index contributed by atoms with van der Waals surface area (Å²) in [6.45, 7) is 0.418. The number of benzene rings is 1. The number of nitrogens with zero attached hydrogens (tertiary/aromatic N) is 3. The van der Waals surface area contributed by atoms with Gasteiger partial charge in [0.15, 0.2) is 0 Å². The summed E-state index contributed by atoms with van der Waals surface area (Å²) in [4.78, 5) is 7.56. The Balaban J connectivity index is 2.42. The fourth-order valence-electron chi connectivity index (χ4n) is 1.89. The van der Waals surface area contributed by atoms with Gasteiger partial charge in [-0.3, -0.25) is 4.40 Å². The number of nitrogens with one attached hydrogen (secondary N) is 1. The van der Waals surface area contributed by atoms with Crippen LogP contribution in [0.4, 0.5) is 0 Å². The van der Waals surface area contributed by atoms with Crippen LogP contribution in [-0.2, 0) is 6.54 Å². The molecule has 0 unspecified atom stereocenters. The second kappa shape index (κ2) is 3.58. The van der Waals surface area contributed by atoms with Gasteiger partial charge in [-0.1, -0.05) is 0 Å². The third kappa shape index (κ3) is 1.37. The fourth-order valence-corrected chi connectivity index (χ4v) is 2.51. The third-order valence-corrected chi connectivity index (χ3v) is 3.53. The normalized spacial score (nSPS) is 11.1. The van der Waals surface area contributed by atoms with Gasteiger partial charge in [0.2, 0.25) is 5.78 Å². The van der Waals surface area contributed by atoms with Crippen molar-refractivity contribution in [1.82, 2.24) is 14.4 Å². The average molecular weight is 290 g/mol. The molecule has 0 saturated heterocycles. The van der Waals surface area contributed by atoms with Crippen LogP contribution in [0, 0.1) is 11.3 Å². The van der Waals surface area contributed by atoms with Crippen LogP contribution in [0.1, 0.15) is 11.3 Å².